The smallest absolute Gasteiger partial charge is 0.224 e. The molecule has 0 fully saturated rings. The Hall–Kier alpha value is -2.76. The van der Waals surface area contributed by atoms with E-state index >= 15 is 0 Å². The zero-order chi connectivity index (χ0) is 17.5. The zero-order valence-corrected chi connectivity index (χ0v) is 13.9. The summed E-state index contributed by atoms with van der Waals surface area (Å²) in [5.74, 6) is 0.624. The topological polar surface area (TPSA) is 56.8 Å². The number of nitrogens with one attached hydrogen (secondary N) is 1. The van der Waals surface area contributed by atoms with Crippen LogP contribution in [-0.4, -0.2) is 27.2 Å². The number of rotatable bonds is 7. The van der Waals surface area contributed by atoms with Crippen molar-refractivity contribution in [2.45, 2.75) is 12.8 Å². The van der Waals surface area contributed by atoms with Gasteiger partial charge in [-0.3, -0.25) is 4.79 Å². The molecular formula is C18H20FNO4. The summed E-state index contributed by atoms with van der Waals surface area (Å²) in [6.07, 6.45) is 0.409. The maximum atomic E-state index is 14.1. The third-order valence-electron chi connectivity index (χ3n) is 3.57. The van der Waals surface area contributed by atoms with Crippen LogP contribution in [0, 0.1) is 5.82 Å². The van der Waals surface area contributed by atoms with Crippen LogP contribution < -0.4 is 19.5 Å². The molecule has 128 valence electrons. The van der Waals surface area contributed by atoms with Gasteiger partial charge in [-0.05, 0) is 30.2 Å². The molecule has 2 aromatic rings. The van der Waals surface area contributed by atoms with Crippen molar-refractivity contribution in [1.29, 1.82) is 0 Å². The fourth-order valence-electron chi connectivity index (χ4n) is 2.27. The van der Waals surface area contributed by atoms with Crippen LogP contribution in [0.15, 0.2) is 36.4 Å². The van der Waals surface area contributed by atoms with E-state index in [1.165, 1.54) is 14.2 Å². The average molecular weight is 333 g/mol. The van der Waals surface area contributed by atoms with Gasteiger partial charge >= 0.3 is 0 Å². The third kappa shape index (κ3) is 4.16. The summed E-state index contributed by atoms with van der Waals surface area (Å²) in [6, 6.07) is 9.97. The van der Waals surface area contributed by atoms with Gasteiger partial charge in [-0.2, -0.15) is 0 Å². The third-order valence-corrected chi connectivity index (χ3v) is 3.57. The largest absolute Gasteiger partial charge is 0.497 e. The molecule has 2 rings (SSSR count). The Morgan fingerprint density at radius 3 is 2.46 bits per heavy atom. The number of carbonyl (C=O) groups excluding carboxylic acids is 1. The summed E-state index contributed by atoms with van der Waals surface area (Å²) >= 11 is 0. The van der Waals surface area contributed by atoms with Crippen molar-refractivity contribution in [3.63, 3.8) is 0 Å². The lowest BCUT2D eigenvalue weighted by Gasteiger charge is -2.12. The Morgan fingerprint density at radius 1 is 1.04 bits per heavy atom. The van der Waals surface area contributed by atoms with Crippen molar-refractivity contribution in [1.82, 2.24) is 0 Å². The van der Waals surface area contributed by atoms with E-state index in [0.717, 1.165) is 0 Å². The number of amides is 1. The highest BCUT2D eigenvalue weighted by atomic mass is 19.1. The fourth-order valence-corrected chi connectivity index (χ4v) is 2.27. The molecule has 1 amide bonds. The number of methoxy groups -OCH3 is 3. The van der Waals surface area contributed by atoms with Crippen LogP contribution in [0.3, 0.4) is 0 Å². The number of aryl methyl sites for hydroxylation is 1. The zero-order valence-electron chi connectivity index (χ0n) is 13.9. The van der Waals surface area contributed by atoms with Crippen LogP contribution in [0.5, 0.6) is 17.2 Å². The second kappa shape index (κ2) is 8.19. The minimum Gasteiger partial charge on any atom is -0.497 e. The number of benzene rings is 2. The first-order valence-corrected chi connectivity index (χ1v) is 7.42. The minimum absolute atomic E-state index is 0.138. The molecule has 5 nitrogen and oxygen atoms in total. The summed E-state index contributed by atoms with van der Waals surface area (Å²) in [7, 11) is 4.47. The lowest BCUT2D eigenvalue weighted by molar-refractivity contribution is -0.116. The van der Waals surface area contributed by atoms with E-state index < -0.39 is 5.82 Å². The molecular weight excluding hydrogens is 313 g/mol. The monoisotopic (exact) mass is 333 g/mol. The quantitative estimate of drug-likeness (QED) is 0.843. The number of halogens is 1. The van der Waals surface area contributed by atoms with Gasteiger partial charge in [0, 0.05) is 12.5 Å². The van der Waals surface area contributed by atoms with Crippen molar-refractivity contribution in [3.8, 4) is 17.2 Å². The van der Waals surface area contributed by atoms with E-state index in [0.29, 0.717) is 22.7 Å². The van der Waals surface area contributed by atoms with Crippen molar-refractivity contribution in [2.75, 3.05) is 26.6 Å². The van der Waals surface area contributed by atoms with E-state index in [9.17, 15) is 9.18 Å². The van der Waals surface area contributed by atoms with E-state index in [1.54, 1.807) is 43.5 Å². The molecule has 0 aliphatic carbocycles. The maximum absolute atomic E-state index is 14.1. The summed E-state index contributed by atoms with van der Waals surface area (Å²) in [5, 5.41) is 2.76. The molecule has 0 aliphatic rings. The van der Waals surface area contributed by atoms with Gasteiger partial charge in [0.05, 0.1) is 27.0 Å². The number of anilines is 1. The van der Waals surface area contributed by atoms with Crippen molar-refractivity contribution in [3.05, 3.63) is 47.8 Å². The predicted octanol–water partition coefficient (Wildman–Crippen LogP) is 3.42. The number of carbonyl (C=O) groups is 1. The highest BCUT2D eigenvalue weighted by Gasteiger charge is 2.12. The Balaban J connectivity index is 2.02. The second-order valence-corrected chi connectivity index (χ2v) is 5.05. The predicted molar refractivity (Wildman–Crippen MR) is 89.4 cm³/mol. The first kappa shape index (κ1) is 17.6. The summed E-state index contributed by atoms with van der Waals surface area (Å²) in [6.45, 7) is 0. The van der Waals surface area contributed by atoms with Gasteiger partial charge < -0.3 is 19.5 Å². The summed E-state index contributed by atoms with van der Waals surface area (Å²) in [5.41, 5.74) is 0.973. The molecule has 1 N–H and O–H groups in total. The normalized spacial score (nSPS) is 10.2. The molecule has 2 aromatic carbocycles. The molecule has 0 saturated carbocycles. The van der Waals surface area contributed by atoms with E-state index in [1.807, 2.05) is 0 Å². The molecule has 0 bridgehead atoms. The van der Waals surface area contributed by atoms with Crippen molar-refractivity contribution < 1.29 is 23.4 Å². The molecule has 0 atom stereocenters. The van der Waals surface area contributed by atoms with Gasteiger partial charge in [-0.25, -0.2) is 4.39 Å². The number of hydrogen-bond acceptors (Lipinski definition) is 4. The van der Waals surface area contributed by atoms with Gasteiger partial charge in [0.15, 0.2) is 11.6 Å². The van der Waals surface area contributed by atoms with Crippen LogP contribution in [-0.2, 0) is 11.2 Å². The van der Waals surface area contributed by atoms with Gasteiger partial charge in [0.2, 0.25) is 5.91 Å². The Labute approximate surface area is 140 Å². The Morgan fingerprint density at radius 2 is 1.79 bits per heavy atom. The fraction of sp³-hybridized carbons (Fsp3) is 0.278. The average Bonchev–Trinajstić information content (AvgIpc) is 2.61. The van der Waals surface area contributed by atoms with Gasteiger partial charge in [0.25, 0.3) is 0 Å². The Kier molecular flexibility index (Phi) is 6.01. The van der Waals surface area contributed by atoms with Crippen molar-refractivity contribution in [2.24, 2.45) is 0 Å². The SMILES string of the molecule is COc1ccc(NC(=O)CCc2cccc(OC)c2F)c(OC)c1. The molecule has 0 unspecified atom stereocenters. The molecule has 0 aromatic heterocycles. The van der Waals surface area contributed by atoms with Gasteiger partial charge in [-0.1, -0.05) is 12.1 Å². The highest BCUT2D eigenvalue weighted by Crippen LogP contribution is 2.29. The lowest BCUT2D eigenvalue weighted by Crippen LogP contribution is -2.13. The van der Waals surface area contributed by atoms with Crippen LogP contribution >= 0.6 is 0 Å². The first-order chi connectivity index (χ1) is 11.6. The van der Waals surface area contributed by atoms with Crippen LogP contribution in [0.2, 0.25) is 0 Å². The summed E-state index contributed by atoms with van der Waals surface area (Å²) < 4.78 is 29.3. The highest BCUT2D eigenvalue weighted by molar-refractivity contribution is 5.92. The molecule has 6 heteroatoms. The first-order valence-electron chi connectivity index (χ1n) is 7.42. The van der Waals surface area contributed by atoms with Crippen LogP contribution in [0.1, 0.15) is 12.0 Å². The van der Waals surface area contributed by atoms with E-state index in [4.69, 9.17) is 14.2 Å². The molecule has 0 radical (unpaired) electrons. The number of ether oxygens (including phenoxy) is 3. The van der Waals surface area contributed by atoms with Crippen LogP contribution in [0.4, 0.5) is 10.1 Å². The molecule has 0 heterocycles. The van der Waals surface area contributed by atoms with Crippen LogP contribution in [0.25, 0.3) is 0 Å². The Bertz CT molecular complexity index is 718. The second-order valence-electron chi connectivity index (χ2n) is 5.05. The molecule has 0 spiro atoms. The minimum atomic E-state index is -0.435. The molecule has 24 heavy (non-hydrogen) atoms. The standard InChI is InChI=1S/C18H20FNO4/c1-22-13-8-9-14(16(11-13)24-3)20-17(21)10-7-12-5-4-6-15(23-2)18(12)19/h4-6,8-9,11H,7,10H2,1-3H3,(H,20,21). The van der Waals surface area contributed by atoms with Gasteiger partial charge in [0.1, 0.15) is 11.5 Å². The maximum Gasteiger partial charge on any atom is 0.224 e. The lowest BCUT2D eigenvalue weighted by atomic mass is 10.1. The van der Waals surface area contributed by atoms with Gasteiger partial charge in [-0.15, -0.1) is 0 Å². The van der Waals surface area contributed by atoms with E-state index in [2.05, 4.69) is 5.32 Å². The molecule has 0 saturated heterocycles. The molecule has 0 aliphatic heterocycles. The van der Waals surface area contributed by atoms with Crippen molar-refractivity contribution >= 4 is 11.6 Å². The summed E-state index contributed by atoms with van der Waals surface area (Å²) in [4.78, 5) is 12.1. The van der Waals surface area contributed by atoms with E-state index in [-0.39, 0.29) is 24.5 Å². The number of hydrogen-bond donors (Lipinski definition) is 1.